The van der Waals surface area contributed by atoms with Crippen LogP contribution in [0.25, 0.3) is 0 Å². The Balaban J connectivity index is 1.55. The van der Waals surface area contributed by atoms with E-state index >= 15 is 0 Å². The molecule has 2 fully saturated rings. The molecule has 0 atom stereocenters. The molecule has 2 aliphatic rings. The van der Waals surface area contributed by atoms with Crippen molar-refractivity contribution in [2.75, 3.05) is 30.3 Å². The van der Waals surface area contributed by atoms with Gasteiger partial charge in [0.05, 0.1) is 6.61 Å². The third-order valence-electron chi connectivity index (χ3n) is 5.73. The number of amides is 1. The maximum Gasteiger partial charge on any atom is 0.409 e. The number of anilines is 2. The highest BCUT2D eigenvalue weighted by atomic mass is 16.6. The summed E-state index contributed by atoms with van der Waals surface area (Å²) in [6.07, 6.45) is 9.42. The summed E-state index contributed by atoms with van der Waals surface area (Å²) in [5.74, 6) is 0. The predicted octanol–water partition coefficient (Wildman–Crippen LogP) is 2.84. The van der Waals surface area contributed by atoms with Crippen LogP contribution in [0.1, 0.15) is 64.7 Å². The van der Waals surface area contributed by atoms with Gasteiger partial charge >= 0.3 is 6.09 Å². The fraction of sp³-hybridized carbons (Fsp3) is 0.750. The molecular formula is C20H31N3O4. The van der Waals surface area contributed by atoms with Crippen LogP contribution in [0.3, 0.4) is 0 Å². The van der Waals surface area contributed by atoms with Crippen molar-refractivity contribution in [3.8, 4) is 0 Å². The molecule has 1 amide bonds. The Morgan fingerprint density at radius 3 is 1.89 bits per heavy atom. The topological polar surface area (TPSA) is 87.7 Å². The zero-order valence-electron chi connectivity index (χ0n) is 16.2. The zero-order valence-corrected chi connectivity index (χ0v) is 16.2. The number of nitrogens with zero attached hydrogens (tertiary/aromatic N) is 1. The zero-order chi connectivity index (χ0) is 19.2. The van der Waals surface area contributed by atoms with Crippen molar-refractivity contribution in [1.29, 1.82) is 0 Å². The number of likely N-dealkylation sites (tertiary alicyclic amines) is 1. The molecule has 0 radical (unpaired) electrons. The van der Waals surface area contributed by atoms with Gasteiger partial charge in [-0.05, 0) is 32.6 Å². The van der Waals surface area contributed by atoms with E-state index in [2.05, 4.69) is 10.6 Å². The maximum absolute atomic E-state index is 12.1. The molecule has 1 aromatic carbocycles. The first-order valence-corrected chi connectivity index (χ1v) is 10.4. The summed E-state index contributed by atoms with van der Waals surface area (Å²) >= 11 is 0. The number of ether oxygens (including phenoxy) is 1. The molecule has 0 spiro atoms. The average molecular weight is 377 g/mol. The first-order chi connectivity index (χ1) is 13.1. The van der Waals surface area contributed by atoms with Crippen molar-refractivity contribution >= 4 is 17.5 Å². The highest BCUT2D eigenvalue weighted by molar-refractivity contribution is 5.74. The van der Waals surface area contributed by atoms with E-state index in [-0.39, 0.29) is 18.2 Å². The second-order valence-corrected chi connectivity index (χ2v) is 7.70. The highest BCUT2D eigenvalue weighted by Crippen LogP contribution is 2.25. The summed E-state index contributed by atoms with van der Waals surface area (Å²) in [7, 11) is 0. The summed E-state index contributed by atoms with van der Waals surface area (Å²) in [6.45, 7) is 3.35. The van der Waals surface area contributed by atoms with Crippen LogP contribution in [0.2, 0.25) is 0 Å². The number of nitrogens with one attached hydrogen (secondary N) is 2. The van der Waals surface area contributed by atoms with E-state index in [1.54, 1.807) is 11.8 Å². The van der Waals surface area contributed by atoms with E-state index in [4.69, 9.17) is 4.74 Å². The van der Waals surface area contributed by atoms with Crippen LogP contribution in [0, 0.1) is 0 Å². The summed E-state index contributed by atoms with van der Waals surface area (Å²) in [5, 5.41) is 6.61. The van der Waals surface area contributed by atoms with Gasteiger partial charge < -0.3 is 20.3 Å². The SMILES string of the molecule is CCOC(=O)N1CCC(Nc2c(NC3CCCCCCC3)c(=O)c2=O)CC1. The normalized spacial score (nSPS) is 20.1. The number of piperidine rings is 1. The van der Waals surface area contributed by atoms with Crippen LogP contribution >= 0.6 is 0 Å². The molecule has 1 aliphatic heterocycles. The van der Waals surface area contributed by atoms with Crippen LogP contribution in [0.15, 0.2) is 9.59 Å². The molecule has 7 nitrogen and oxygen atoms in total. The van der Waals surface area contributed by atoms with Crippen LogP contribution in [-0.2, 0) is 4.74 Å². The molecule has 1 heterocycles. The first-order valence-electron chi connectivity index (χ1n) is 10.4. The van der Waals surface area contributed by atoms with Crippen molar-refractivity contribution in [3.05, 3.63) is 20.4 Å². The number of carbonyl (C=O) groups excluding carboxylic acids is 1. The lowest BCUT2D eigenvalue weighted by Crippen LogP contribution is -2.46. The van der Waals surface area contributed by atoms with E-state index in [9.17, 15) is 14.4 Å². The van der Waals surface area contributed by atoms with Gasteiger partial charge in [-0.3, -0.25) is 9.59 Å². The monoisotopic (exact) mass is 377 g/mol. The Hall–Kier alpha value is -2.05. The number of rotatable bonds is 5. The molecule has 1 aliphatic carbocycles. The van der Waals surface area contributed by atoms with Crippen molar-refractivity contribution in [2.24, 2.45) is 0 Å². The van der Waals surface area contributed by atoms with Gasteiger partial charge in [-0.1, -0.05) is 32.1 Å². The van der Waals surface area contributed by atoms with Gasteiger partial charge in [0.15, 0.2) is 0 Å². The lowest BCUT2D eigenvalue weighted by Gasteiger charge is -2.33. The van der Waals surface area contributed by atoms with Gasteiger partial charge in [0.25, 0.3) is 10.9 Å². The van der Waals surface area contributed by atoms with E-state index < -0.39 is 10.9 Å². The predicted molar refractivity (Wildman–Crippen MR) is 106 cm³/mol. The van der Waals surface area contributed by atoms with Gasteiger partial charge in [-0.2, -0.15) is 0 Å². The first kappa shape index (κ1) is 19.7. The fourth-order valence-corrected chi connectivity index (χ4v) is 4.10. The molecule has 3 rings (SSSR count). The third kappa shape index (κ3) is 4.82. The Labute approximate surface area is 160 Å². The summed E-state index contributed by atoms with van der Waals surface area (Å²) in [6, 6.07) is 0.372. The lowest BCUT2D eigenvalue weighted by molar-refractivity contribution is 0.0983. The molecule has 1 aromatic rings. The van der Waals surface area contributed by atoms with Gasteiger partial charge in [-0.15, -0.1) is 0 Å². The summed E-state index contributed by atoms with van der Waals surface area (Å²) in [5.41, 5.74) is 0.0923. The van der Waals surface area contributed by atoms with E-state index in [1.165, 1.54) is 32.1 Å². The van der Waals surface area contributed by atoms with E-state index in [0.717, 1.165) is 25.7 Å². The minimum absolute atomic E-state index is 0.0943. The third-order valence-corrected chi connectivity index (χ3v) is 5.73. The van der Waals surface area contributed by atoms with Crippen LogP contribution in [0.5, 0.6) is 0 Å². The largest absolute Gasteiger partial charge is 0.450 e. The minimum atomic E-state index is -0.420. The molecule has 0 unspecified atom stereocenters. The van der Waals surface area contributed by atoms with Crippen LogP contribution in [-0.4, -0.2) is 42.8 Å². The van der Waals surface area contributed by atoms with Crippen LogP contribution < -0.4 is 21.5 Å². The molecule has 7 heteroatoms. The molecule has 2 N–H and O–H groups in total. The highest BCUT2D eigenvalue weighted by Gasteiger charge is 2.28. The second-order valence-electron chi connectivity index (χ2n) is 7.70. The second kappa shape index (κ2) is 9.24. The summed E-state index contributed by atoms with van der Waals surface area (Å²) in [4.78, 5) is 37.6. The Morgan fingerprint density at radius 2 is 1.37 bits per heavy atom. The van der Waals surface area contributed by atoms with Gasteiger partial charge in [0.1, 0.15) is 11.4 Å². The van der Waals surface area contributed by atoms with Crippen LogP contribution in [0.4, 0.5) is 16.2 Å². The quantitative estimate of drug-likeness (QED) is 0.767. The maximum atomic E-state index is 12.1. The molecule has 1 saturated heterocycles. The van der Waals surface area contributed by atoms with Gasteiger partial charge in [0, 0.05) is 25.2 Å². The molecule has 27 heavy (non-hydrogen) atoms. The van der Waals surface area contributed by atoms with Crippen molar-refractivity contribution in [1.82, 2.24) is 4.90 Å². The van der Waals surface area contributed by atoms with Crippen molar-refractivity contribution in [2.45, 2.75) is 76.8 Å². The molecule has 0 aromatic heterocycles. The Bertz CT molecular complexity index is 694. The van der Waals surface area contributed by atoms with Gasteiger partial charge in [-0.25, -0.2) is 4.79 Å². The lowest BCUT2D eigenvalue weighted by atomic mass is 9.96. The number of carbonyl (C=O) groups is 1. The molecule has 1 saturated carbocycles. The van der Waals surface area contributed by atoms with Gasteiger partial charge in [0.2, 0.25) is 0 Å². The number of hydrogen-bond donors (Lipinski definition) is 2. The van der Waals surface area contributed by atoms with E-state index in [0.29, 0.717) is 31.1 Å². The van der Waals surface area contributed by atoms with E-state index in [1.807, 2.05) is 0 Å². The minimum Gasteiger partial charge on any atom is -0.450 e. The van der Waals surface area contributed by atoms with Crippen molar-refractivity contribution in [3.63, 3.8) is 0 Å². The van der Waals surface area contributed by atoms with Crippen molar-refractivity contribution < 1.29 is 9.53 Å². The fourth-order valence-electron chi connectivity index (χ4n) is 4.10. The molecule has 0 bridgehead atoms. The molecular weight excluding hydrogens is 346 g/mol. The molecule has 150 valence electrons. The number of hydrogen-bond acceptors (Lipinski definition) is 6. The average Bonchev–Trinajstić information content (AvgIpc) is 2.66. The Morgan fingerprint density at radius 1 is 0.889 bits per heavy atom. The summed E-state index contributed by atoms with van der Waals surface area (Å²) < 4.78 is 5.03. The smallest absolute Gasteiger partial charge is 0.409 e. The standard InChI is InChI=1S/C20H31N3O4/c1-2-27-20(26)23-12-10-15(11-13-23)22-17-16(18(24)19(17)25)21-14-8-6-4-3-5-7-9-14/h14-15,21-22H,2-13H2,1H3. The Kier molecular flexibility index (Phi) is 6.74.